The highest BCUT2D eigenvalue weighted by Gasteiger charge is 2.24. The van der Waals surface area contributed by atoms with E-state index >= 15 is 0 Å². The molecule has 1 N–H and O–H groups in total. The number of nitro groups is 1. The Balaban J connectivity index is 1.93. The molecule has 148 valence electrons. The first-order chi connectivity index (χ1) is 13.2. The molecule has 1 amide bonds. The standard InChI is InChI=1S/C18H16F2N2O5S/c1-10(17(23)21-16-14(19)4-3-5-15(16)20)27-18(24)11(2)28-13-8-6-12(7-9-13)22(25)26/h3-11H,1-2H3,(H,21,23)/t10-,11-/m0/s1. The summed E-state index contributed by atoms with van der Waals surface area (Å²) in [6, 6.07) is 8.71. The monoisotopic (exact) mass is 410 g/mol. The summed E-state index contributed by atoms with van der Waals surface area (Å²) in [6.45, 7) is 2.81. The number of ether oxygens (including phenoxy) is 1. The minimum atomic E-state index is -1.29. The summed E-state index contributed by atoms with van der Waals surface area (Å²) in [7, 11) is 0. The summed E-state index contributed by atoms with van der Waals surface area (Å²) >= 11 is 1.09. The van der Waals surface area contributed by atoms with Gasteiger partial charge in [0.25, 0.3) is 11.6 Å². The number of non-ortho nitro benzene ring substituents is 1. The quantitative estimate of drug-likeness (QED) is 0.321. The maximum atomic E-state index is 13.6. The maximum Gasteiger partial charge on any atom is 0.319 e. The number of halogens is 2. The van der Waals surface area contributed by atoms with Crippen molar-refractivity contribution in [2.75, 3.05) is 5.32 Å². The number of rotatable bonds is 7. The fraction of sp³-hybridized carbons (Fsp3) is 0.222. The van der Waals surface area contributed by atoms with Crippen LogP contribution in [0.2, 0.25) is 0 Å². The molecule has 0 aliphatic carbocycles. The van der Waals surface area contributed by atoms with E-state index < -0.39 is 45.5 Å². The fourth-order valence-electron chi connectivity index (χ4n) is 2.06. The number of thioether (sulfide) groups is 1. The molecule has 0 unspecified atom stereocenters. The number of hydrogen-bond donors (Lipinski definition) is 1. The molecule has 2 atom stereocenters. The average Bonchev–Trinajstić information content (AvgIpc) is 2.64. The van der Waals surface area contributed by atoms with Gasteiger partial charge in [-0.3, -0.25) is 19.7 Å². The van der Waals surface area contributed by atoms with Crippen molar-refractivity contribution in [1.82, 2.24) is 0 Å². The Morgan fingerprint density at radius 3 is 2.21 bits per heavy atom. The van der Waals surface area contributed by atoms with Crippen molar-refractivity contribution in [3.8, 4) is 0 Å². The Labute approximate surface area is 163 Å². The predicted molar refractivity (Wildman–Crippen MR) is 99.0 cm³/mol. The predicted octanol–water partition coefficient (Wildman–Crippen LogP) is 3.92. The smallest absolute Gasteiger partial charge is 0.319 e. The Kier molecular flexibility index (Phi) is 7.05. The van der Waals surface area contributed by atoms with Crippen molar-refractivity contribution in [2.45, 2.75) is 30.1 Å². The Morgan fingerprint density at radius 2 is 1.68 bits per heavy atom. The Hall–Kier alpha value is -3.01. The van der Waals surface area contributed by atoms with Crippen LogP contribution in [0.4, 0.5) is 20.2 Å². The van der Waals surface area contributed by atoms with Crippen LogP contribution in [-0.4, -0.2) is 28.2 Å². The molecule has 0 aliphatic heterocycles. The number of amides is 1. The minimum Gasteiger partial charge on any atom is -0.452 e. The summed E-state index contributed by atoms with van der Waals surface area (Å²) in [5, 5.41) is 12.0. The van der Waals surface area contributed by atoms with Crippen LogP contribution in [0.25, 0.3) is 0 Å². The van der Waals surface area contributed by atoms with Gasteiger partial charge in [-0.2, -0.15) is 0 Å². The zero-order valence-corrected chi connectivity index (χ0v) is 15.7. The van der Waals surface area contributed by atoms with Crippen molar-refractivity contribution < 1.29 is 28.0 Å². The summed E-state index contributed by atoms with van der Waals surface area (Å²) in [5.41, 5.74) is -0.700. The maximum absolute atomic E-state index is 13.6. The number of benzene rings is 2. The average molecular weight is 410 g/mol. The number of nitrogens with zero attached hydrogens (tertiary/aromatic N) is 1. The first kappa shape index (κ1) is 21.3. The third-order valence-corrected chi connectivity index (χ3v) is 4.66. The van der Waals surface area contributed by atoms with E-state index in [1.165, 1.54) is 38.1 Å². The Morgan fingerprint density at radius 1 is 1.11 bits per heavy atom. The van der Waals surface area contributed by atoms with Gasteiger partial charge in [0.05, 0.1) is 4.92 Å². The highest BCUT2D eigenvalue weighted by atomic mass is 32.2. The summed E-state index contributed by atoms with van der Waals surface area (Å²) in [6.07, 6.45) is -1.29. The molecule has 2 aromatic carbocycles. The van der Waals surface area contributed by atoms with Crippen LogP contribution in [0.1, 0.15) is 13.8 Å². The summed E-state index contributed by atoms with van der Waals surface area (Å²) < 4.78 is 32.2. The topological polar surface area (TPSA) is 98.5 Å². The zero-order chi connectivity index (χ0) is 20.8. The van der Waals surface area contributed by atoms with Gasteiger partial charge in [-0.15, -0.1) is 11.8 Å². The molecule has 0 spiro atoms. The van der Waals surface area contributed by atoms with E-state index in [0.29, 0.717) is 4.90 Å². The van der Waals surface area contributed by atoms with Gasteiger partial charge in [0.15, 0.2) is 6.10 Å². The molecule has 7 nitrogen and oxygen atoms in total. The fourth-order valence-corrected chi connectivity index (χ4v) is 2.92. The number of carbonyl (C=O) groups is 2. The van der Waals surface area contributed by atoms with Crippen LogP contribution in [0.3, 0.4) is 0 Å². The summed E-state index contributed by atoms with van der Waals surface area (Å²) in [4.78, 5) is 34.9. The molecule has 2 rings (SSSR count). The van der Waals surface area contributed by atoms with Crippen molar-refractivity contribution in [2.24, 2.45) is 0 Å². The molecule has 0 saturated carbocycles. The van der Waals surface area contributed by atoms with Crippen molar-refractivity contribution in [1.29, 1.82) is 0 Å². The summed E-state index contributed by atoms with van der Waals surface area (Å²) in [5.74, 6) is -3.51. The lowest BCUT2D eigenvalue weighted by atomic mass is 10.2. The second-order valence-electron chi connectivity index (χ2n) is 5.68. The number of anilines is 1. The lowest BCUT2D eigenvalue weighted by Crippen LogP contribution is -2.33. The van der Waals surface area contributed by atoms with Gasteiger partial charge in [-0.05, 0) is 38.1 Å². The lowest BCUT2D eigenvalue weighted by Gasteiger charge is -2.17. The first-order valence-electron chi connectivity index (χ1n) is 8.05. The first-order valence-corrected chi connectivity index (χ1v) is 8.93. The van der Waals surface area contributed by atoms with Gasteiger partial charge >= 0.3 is 5.97 Å². The molecular formula is C18H16F2N2O5S. The van der Waals surface area contributed by atoms with E-state index in [-0.39, 0.29) is 5.69 Å². The molecule has 0 saturated heterocycles. The molecule has 28 heavy (non-hydrogen) atoms. The molecule has 0 aliphatic rings. The van der Waals surface area contributed by atoms with Crippen LogP contribution < -0.4 is 5.32 Å². The van der Waals surface area contributed by atoms with E-state index in [1.807, 2.05) is 0 Å². The molecule has 0 bridgehead atoms. The van der Waals surface area contributed by atoms with E-state index in [2.05, 4.69) is 5.32 Å². The molecule has 0 aromatic heterocycles. The van der Waals surface area contributed by atoms with E-state index in [9.17, 15) is 28.5 Å². The van der Waals surface area contributed by atoms with Gasteiger partial charge in [0.1, 0.15) is 22.6 Å². The highest BCUT2D eigenvalue weighted by Crippen LogP contribution is 2.26. The highest BCUT2D eigenvalue weighted by molar-refractivity contribution is 8.00. The van der Waals surface area contributed by atoms with Crippen LogP contribution in [0.5, 0.6) is 0 Å². The molecule has 0 radical (unpaired) electrons. The lowest BCUT2D eigenvalue weighted by molar-refractivity contribution is -0.384. The Bertz CT molecular complexity index is 872. The minimum absolute atomic E-state index is 0.0785. The van der Waals surface area contributed by atoms with Gasteiger partial charge in [-0.1, -0.05) is 6.07 Å². The number of para-hydroxylation sites is 1. The van der Waals surface area contributed by atoms with Gasteiger partial charge in [0, 0.05) is 17.0 Å². The number of nitrogens with one attached hydrogen (secondary N) is 1. The SMILES string of the molecule is C[C@H](OC(=O)[C@H](C)Sc1ccc([N+](=O)[O-])cc1)C(=O)Nc1c(F)cccc1F. The van der Waals surface area contributed by atoms with Crippen molar-refractivity contribution in [3.05, 3.63) is 64.2 Å². The van der Waals surface area contributed by atoms with Crippen molar-refractivity contribution >= 4 is 35.0 Å². The van der Waals surface area contributed by atoms with Gasteiger partial charge < -0.3 is 10.1 Å². The molecule has 2 aromatic rings. The molecule has 0 heterocycles. The van der Waals surface area contributed by atoms with Gasteiger partial charge in [-0.25, -0.2) is 8.78 Å². The number of hydrogen-bond acceptors (Lipinski definition) is 6. The third-order valence-electron chi connectivity index (χ3n) is 3.57. The van der Waals surface area contributed by atoms with Crippen LogP contribution >= 0.6 is 11.8 Å². The number of carbonyl (C=O) groups excluding carboxylic acids is 2. The third kappa shape index (κ3) is 5.49. The molecule has 10 heteroatoms. The van der Waals surface area contributed by atoms with Crippen LogP contribution in [0.15, 0.2) is 47.4 Å². The largest absolute Gasteiger partial charge is 0.452 e. The van der Waals surface area contributed by atoms with E-state index in [0.717, 1.165) is 30.0 Å². The van der Waals surface area contributed by atoms with Crippen molar-refractivity contribution in [3.63, 3.8) is 0 Å². The zero-order valence-electron chi connectivity index (χ0n) is 14.8. The second-order valence-corrected chi connectivity index (χ2v) is 7.09. The van der Waals surface area contributed by atoms with Gasteiger partial charge in [0.2, 0.25) is 0 Å². The normalized spacial score (nSPS) is 12.7. The molecule has 0 fully saturated rings. The van der Waals surface area contributed by atoms with Crippen LogP contribution in [-0.2, 0) is 14.3 Å². The van der Waals surface area contributed by atoms with Crippen LogP contribution in [0, 0.1) is 21.7 Å². The molecular weight excluding hydrogens is 394 g/mol. The second kappa shape index (κ2) is 9.27. The number of nitro benzene ring substituents is 1. The van der Waals surface area contributed by atoms with E-state index in [1.54, 1.807) is 0 Å². The van der Waals surface area contributed by atoms with E-state index in [4.69, 9.17) is 4.74 Å². The number of esters is 1.